The van der Waals surface area contributed by atoms with Gasteiger partial charge in [-0.15, -0.1) is 0 Å². The molecule has 0 radical (unpaired) electrons. The van der Waals surface area contributed by atoms with Crippen LogP contribution in [0.3, 0.4) is 0 Å². The molecule has 0 aromatic heterocycles. The Labute approximate surface area is 196 Å². The molecule has 0 bridgehead atoms. The van der Waals surface area contributed by atoms with Crippen LogP contribution in [-0.2, 0) is 45.5 Å². The number of carboxylic acid groups (broad SMARTS) is 1. The lowest BCUT2D eigenvalue weighted by molar-refractivity contribution is -0.143. The quantitative estimate of drug-likeness (QED) is 0.315. The molecule has 186 valence electrons. The summed E-state index contributed by atoms with van der Waals surface area (Å²) in [4.78, 5) is 34.9. The van der Waals surface area contributed by atoms with E-state index in [4.69, 9.17) is 0 Å². The zero-order valence-electron chi connectivity index (χ0n) is 20.2. The molecule has 1 unspecified atom stereocenters. The Morgan fingerprint density at radius 1 is 0.970 bits per heavy atom. The lowest BCUT2D eigenvalue weighted by Gasteiger charge is -2.28. The fraction of sp³-hybridized carbons (Fsp3) is 0.625. The number of esters is 2. The third-order valence-corrected chi connectivity index (χ3v) is 7.73. The van der Waals surface area contributed by atoms with Gasteiger partial charge in [0.15, 0.2) is 9.84 Å². The highest BCUT2D eigenvalue weighted by Gasteiger charge is 2.35. The third-order valence-electron chi connectivity index (χ3n) is 5.84. The Bertz CT molecular complexity index is 936. The number of hydrogen-bond donors (Lipinski definition) is 1. The summed E-state index contributed by atoms with van der Waals surface area (Å²) in [6.45, 7) is 5.33. The van der Waals surface area contributed by atoms with Crippen molar-refractivity contribution >= 4 is 27.7 Å². The number of carboxylic acids is 1. The van der Waals surface area contributed by atoms with Crippen LogP contribution in [-0.4, -0.2) is 57.2 Å². The Hall–Kier alpha value is -2.42. The molecule has 0 saturated carbocycles. The van der Waals surface area contributed by atoms with E-state index >= 15 is 0 Å². The van der Waals surface area contributed by atoms with Gasteiger partial charge in [0.05, 0.1) is 25.4 Å². The summed E-state index contributed by atoms with van der Waals surface area (Å²) >= 11 is 0. The molecule has 33 heavy (non-hydrogen) atoms. The topological polar surface area (TPSA) is 124 Å². The Balaban J connectivity index is 2.77. The Morgan fingerprint density at radius 2 is 1.58 bits per heavy atom. The maximum absolute atomic E-state index is 12.2. The van der Waals surface area contributed by atoms with Gasteiger partial charge < -0.3 is 14.6 Å². The first kappa shape index (κ1) is 28.6. The van der Waals surface area contributed by atoms with Gasteiger partial charge in [-0.05, 0) is 42.7 Å². The van der Waals surface area contributed by atoms with Crippen molar-refractivity contribution in [2.45, 2.75) is 64.7 Å². The lowest BCUT2D eigenvalue weighted by atomic mass is 9.76. The fourth-order valence-electron chi connectivity index (χ4n) is 3.83. The van der Waals surface area contributed by atoms with Crippen molar-refractivity contribution < 1.29 is 37.4 Å². The number of hydrogen-bond acceptors (Lipinski definition) is 7. The average Bonchev–Trinajstić information content (AvgIpc) is 2.73. The molecule has 0 aliphatic carbocycles. The molecule has 0 heterocycles. The van der Waals surface area contributed by atoms with E-state index in [1.54, 1.807) is 19.1 Å². The molecule has 0 aliphatic rings. The number of rotatable bonds is 14. The van der Waals surface area contributed by atoms with Crippen LogP contribution < -0.4 is 0 Å². The second-order valence-electron chi connectivity index (χ2n) is 9.39. The Morgan fingerprint density at radius 3 is 2.15 bits per heavy atom. The zero-order chi connectivity index (χ0) is 25.3. The van der Waals surface area contributed by atoms with Gasteiger partial charge in [0.25, 0.3) is 0 Å². The summed E-state index contributed by atoms with van der Waals surface area (Å²) in [5.41, 5.74) is -0.137. The molecule has 1 aromatic rings. The molecular weight excluding hydrogens is 448 g/mol. The van der Waals surface area contributed by atoms with E-state index in [2.05, 4.69) is 9.47 Å². The maximum Gasteiger partial charge on any atom is 0.320 e. The first-order chi connectivity index (χ1) is 15.2. The van der Waals surface area contributed by atoms with Crippen molar-refractivity contribution in [2.75, 3.05) is 25.7 Å². The van der Waals surface area contributed by atoms with Gasteiger partial charge in [-0.1, -0.05) is 51.0 Å². The molecule has 9 heteroatoms. The molecule has 8 nitrogen and oxygen atoms in total. The molecule has 1 atom stereocenters. The number of carbonyl (C=O) groups is 3. The number of aliphatic carboxylic acids is 1. The van der Waals surface area contributed by atoms with Crippen LogP contribution in [0.25, 0.3) is 0 Å². The number of aryl methyl sites for hydroxylation is 1. The summed E-state index contributed by atoms with van der Waals surface area (Å²) in [5.74, 6) is -2.83. The largest absolute Gasteiger partial charge is 0.481 e. The van der Waals surface area contributed by atoms with E-state index in [1.807, 2.05) is 26.0 Å². The highest BCUT2D eigenvalue weighted by atomic mass is 32.2. The van der Waals surface area contributed by atoms with E-state index in [1.165, 1.54) is 7.11 Å². The van der Waals surface area contributed by atoms with Gasteiger partial charge in [0.1, 0.15) is 5.75 Å². The smallest absolute Gasteiger partial charge is 0.320 e. The number of sulfone groups is 1. The molecule has 0 amide bonds. The van der Waals surface area contributed by atoms with Crippen LogP contribution in [0, 0.1) is 5.41 Å². The van der Waals surface area contributed by atoms with Crippen molar-refractivity contribution in [2.24, 2.45) is 5.41 Å². The Kier molecular flexibility index (Phi) is 10.5. The second-order valence-corrected chi connectivity index (χ2v) is 11.5. The predicted molar refractivity (Wildman–Crippen MR) is 125 cm³/mol. The predicted octanol–water partition coefficient (Wildman–Crippen LogP) is 3.31. The van der Waals surface area contributed by atoms with E-state index in [9.17, 15) is 27.9 Å². The van der Waals surface area contributed by atoms with Crippen LogP contribution in [0.1, 0.15) is 64.0 Å². The van der Waals surface area contributed by atoms with Crippen molar-refractivity contribution in [3.05, 3.63) is 35.4 Å². The standard InChI is InChI=1S/C24H36O8S/c1-23(2,17-33(29,30)16-21(26)32-5)13-6-7-14-24(3,22(27)28)19-10-8-9-18(15-19)11-12-20(25)31-4/h8-10,15H,6-7,11-14,16-17H2,1-5H3,(H,27,28). The molecule has 0 spiro atoms. The van der Waals surface area contributed by atoms with Crippen LogP contribution in [0.2, 0.25) is 0 Å². The van der Waals surface area contributed by atoms with E-state index in [0.29, 0.717) is 37.7 Å². The SMILES string of the molecule is COC(=O)CCc1cccc(C(C)(CCCCC(C)(C)CS(=O)(=O)CC(=O)OC)C(=O)O)c1. The van der Waals surface area contributed by atoms with Crippen molar-refractivity contribution in [3.63, 3.8) is 0 Å². The molecule has 1 N–H and O–H groups in total. The molecular formula is C24H36O8S. The van der Waals surface area contributed by atoms with Crippen molar-refractivity contribution in [3.8, 4) is 0 Å². The minimum atomic E-state index is -3.59. The van der Waals surface area contributed by atoms with E-state index in [0.717, 1.165) is 12.7 Å². The molecule has 1 rings (SSSR count). The first-order valence-electron chi connectivity index (χ1n) is 10.9. The molecule has 1 aromatic carbocycles. The highest BCUT2D eigenvalue weighted by molar-refractivity contribution is 7.92. The number of methoxy groups -OCH3 is 2. The summed E-state index contributed by atoms with van der Waals surface area (Å²) in [5, 5.41) is 9.96. The maximum atomic E-state index is 12.2. The fourth-order valence-corrected chi connectivity index (χ4v) is 5.75. The number of benzene rings is 1. The van der Waals surface area contributed by atoms with Crippen molar-refractivity contribution in [1.29, 1.82) is 0 Å². The zero-order valence-corrected chi connectivity index (χ0v) is 21.0. The minimum absolute atomic E-state index is 0.145. The van der Waals surface area contributed by atoms with Gasteiger partial charge in [-0.2, -0.15) is 0 Å². The van der Waals surface area contributed by atoms with Crippen LogP contribution in [0.5, 0.6) is 0 Å². The number of carbonyl (C=O) groups excluding carboxylic acids is 2. The first-order valence-corrected chi connectivity index (χ1v) is 12.7. The van der Waals surface area contributed by atoms with Gasteiger partial charge in [0, 0.05) is 6.42 Å². The van der Waals surface area contributed by atoms with Gasteiger partial charge in [0.2, 0.25) is 0 Å². The van der Waals surface area contributed by atoms with Gasteiger partial charge >= 0.3 is 17.9 Å². The second kappa shape index (κ2) is 12.2. The summed E-state index contributed by atoms with van der Waals surface area (Å²) < 4.78 is 33.5. The molecule has 0 fully saturated rings. The molecule has 0 aliphatic heterocycles. The van der Waals surface area contributed by atoms with Crippen LogP contribution in [0.4, 0.5) is 0 Å². The average molecular weight is 485 g/mol. The van der Waals surface area contributed by atoms with Crippen LogP contribution >= 0.6 is 0 Å². The normalized spacial score (nSPS) is 13.7. The summed E-state index contributed by atoms with van der Waals surface area (Å²) in [7, 11) is -1.11. The number of unbranched alkanes of at least 4 members (excludes halogenated alkanes) is 1. The minimum Gasteiger partial charge on any atom is -0.481 e. The van der Waals surface area contributed by atoms with Crippen molar-refractivity contribution in [1.82, 2.24) is 0 Å². The van der Waals surface area contributed by atoms with Crippen LogP contribution in [0.15, 0.2) is 24.3 Å². The summed E-state index contributed by atoms with van der Waals surface area (Å²) in [6.07, 6.45) is 2.87. The van der Waals surface area contributed by atoms with E-state index < -0.39 is 38.4 Å². The summed E-state index contributed by atoms with van der Waals surface area (Å²) in [6, 6.07) is 7.24. The van der Waals surface area contributed by atoms with Gasteiger partial charge in [-0.25, -0.2) is 8.42 Å². The number of ether oxygens (including phenoxy) is 2. The monoisotopic (exact) mass is 484 g/mol. The lowest BCUT2D eigenvalue weighted by Crippen LogP contribution is -2.33. The third kappa shape index (κ3) is 9.53. The van der Waals surface area contributed by atoms with E-state index in [-0.39, 0.29) is 18.1 Å². The molecule has 0 saturated heterocycles. The highest BCUT2D eigenvalue weighted by Crippen LogP contribution is 2.33. The van der Waals surface area contributed by atoms with Gasteiger partial charge in [-0.3, -0.25) is 14.4 Å².